The van der Waals surface area contributed by atoms with Crippen LogP contribution in [0.3, 0.4) is 0 Å². The molecule has 1 heterocycles. The van der Waals surface area contributed by atoms with E-state index in [1.165, 1.54) is 7.11 Å². The van der Waals surface area contributed by atoms with Crippen molar-refractivity contribution in [3.63, 3.8) is 0 Å². The maximum atomic E-state index is 13.6. The van der Waals surface area contributed by atoms with Crippen molar-refractivity contribution >= 4 is 12.4 Å². The summed E-state index contributed by atoms with van der Waals surface area (Å²) >= 11 is 0. The fourth-order valence-corrected chi connectivity index (χ4v) is 2.49. The lowest BCUT2D eigenvalue weighted by molar-refractivity contribution is 0.274. The number of ether oxygens (including phenoxy) is 1. The molecule has 19 heavy (non-hydrogen) atoms. The molecule has 1 unspecified atom stereocenters. The highest BCUT2D eigenvalue weighted by molar-refractivity contribution is 5.85. The quantitative estimate of drug-likeness (QED) is 0.925. The van der Waals surface area contributed by atoms with Crippen molar-refractivity contribution in [2.45, 2.75) is 19.9 Å². The van der Waals surface area contributed by atoms with E-state index in [4.69, 9.17) is 10.5 Å². The molecular weight excluding hydrogens is 267 g/mol. The summed E-state index contributed by atoms with van der Waals surface area (Å²) in [7, 11) is 1.48. The number of rotatable bonds is 4. The number of benzene rings is 1. The number of hydrogen-bond acceptors (Lipinski definition) is 3. The molecule has 1 aliphatic rings. The highest BCUT2D eigenvalue weighted by Gasteiger charge is 2.32. The van der Waals surface area contributed by atoms with Crippen molar-refractivity contribution < 1.29 is 9.13 Å². The van der Waals surface area contributed by atoms with Gasteiger partial charge < -0.3 is 10.5 Å². The van der Waals surface area contributed by atoms with Gasteiger partial charge in [-0.05, 0) is 42.6 Å². The van der Waals surface area contributed by atoms with Crippen LogP contribution in [0.2, 0.25) is 0 Å². The third-order valence-electron chi connectivity index (χ3n) is 3.75. The molecule has 0 amide bonds. The molecule has 1 aromatic carbocycles. The first kappa shape index (κ1) is 16.2. The molecule has 5 heteroatoms. The van der Waals surface area contributed by atoms with Crippen LogP contribution in [0.25, 0.3) is 0 Å². The van der Waals surface area contributed by atoms with Crippen LogP contribution in [0.15, 0.2) is 18.2 Å². The average molecular weight is 289 g/mol. The Hall–Kier alpha value is -0.840. The van der Waals surface area contributed by atoms with Gasteiger partial charge in [0.05, 0.1) is 7.11 Å². The first-order valence-corrected chi connectivity index (χ1v) is 6.31. The molecule has 1 aliphatic heterocycles. The second kappa shape index (κ2) is 6.55. The summed E-state index contributed by atoms with van der Waals surface area (Å²) in [4.78, 5) is 2.33. The second-order valence-corrected chi connectivity index (χ2v) is 5.44. The van der Waals surface area contributed by atoms with Gasteiger partial charge in [-0.2, -0.15) is 0 Å². The molecule has 1 aromatic rings. The van der Waals surface area contributed by atoms with Gasteiger partial charge in [0, 0.05) is 13.1 Å². The number of halogens is 2. The molecule has 2 rings (SSSR count). The Bertz CT molecular complexity index is 430. The number of hydrogen-bond donors (Lipinski definition) is 1. The van der Waals surface area contributed by atoms with E-state index >= 15 is 0 Å². The fourth-order valence-electron chi connectivity index (χ4n) is 2.49. The van der Waals surface area contributed by atoms with Crippen molar-refractivity contribution in [1.82, 2.24) is 4.90 Å². The van der Waals surface area contributed by atoms with E-state index in [2.05, 4.69) is 11.8 Å². The normalized spacial score (nSPS) is 23.2. The Labute approximate surface area is 120 Å². The summed E-state index contributed by atoms with van der Waals surface area (Å²) < 4.78 is 18.5. The summed E-state index contributed by atoms with van der Waals surface area (Å²) in [6.45, 7) is 5.71. The molecule has 2 N–H and O–H groups in total. The van der Waals surface area contributed by atoms with Crippen LogP contribution in [-0.2, 0) is 6.54 Å². The van der Waals surface area contributed by atoms with Gasteiger partial charge in [0.25, 0.3) is 0 Å². The lowest BCUT2D eigenvalue weighted by Crippen LogP contribution is -2.31. The first-order chi connectivity index (χ1) is 8.56. The van der Waals surface area contributed by atoms with Crippen LogP contribution < -0.4 is 10.5 Å². The third-order valence-corrected chi connectivity index (χ3v) is 3.75. The van der Waals surface area contributed by atoms with Crippen LogP contribution in [-0.4, -0.2) is 31.6 Å². The standard InChI is InChI=1S/C14H21FN2O.ClH/c1-14(9-16)5-6-17(10-14)8-11-3-4-13(18-2)12(15)7-11;/h3-4,7H,5-6,8-10,16H2,1-2H3;1H. The van der Waals surface area contributed by atoms with Crippen LogP contribution in [0.5, 0.6) is 5.75 Å². The zero-order valence-corrected chi connectivity index (χ0v) is 12.3. The Balaban J connectivity index is 0.00000180. The van der Waals surface area contributed by atoms with Crippen molar-refractivity contribution in [3.05, 3.63) is 29.6 Å². The van der Waals surface area contributed by atoms with E-state index in [1.807, 2.05) is 6.07 Å². The molecule has 0 saturated carbocycles. The van der Waals surface area contributed by atoms with Gasteiger partial charge in [0.1, 0.15) is 0 Å². The molecule has 1 atom stereocenters. The van der Waals surface area contributed by atoms with Crippen molar-refractivity contribution in [2.24, 2.45) is 11.1 Å². The molecule has 3 nitrogen and oxygen atoms in total. The lowest BCUT2D eigenvalue weighted by Gasteiger charge is -2.22. The fraction of sp³-hybridized carbons (Fsp3) is 0.571. The SMILES string of the molecule is COc1ccc(CN2CCC(C)(CN)C2)cc1F.Cl. The molecule has 0 aliphatic carbocycles. The van der Waals surface area contributed by atoms with E-state index < -0.39 is 0 Å². The Morgan fingerprint density at radius 1 is 1.47 bits per heavy atom. The molecule has 0 radical (unpaired) electrons. The van der Waals surface area contributed by atoms with E-state index in [1.54, 1.807) is 12.1 Å². The monoisotopic (exact) mass is 288 g/mol. The van der Waals surface area contributed by atoms with Crippen LogP contribution >= 0.6 is 12.4 Å². The highest BCUT2D eigenvalue weighted by Crippen LogP contribution is 2.29. The van der Waals surface area contributed by atoms with Gasteiger partial charge in [-0.3, -0.25) is 4.90 Å². The second-order valence-electron chi connectivity index (χ2n) is 5.44. The number of nitrogens with zero attached hydrogens (tertiary/aromatic N) is 1. The van der Waals surface area contributed by atoms with E-state index in [9.17, 15) is 4.39 Å². The summed E-state index contributed by atoms with van der Waals surface area (Å²) in [6.07, 6.45) is 1.11. The molecule has 0 bridgehead atoms. The van der Waals surface area contributed by atoms with Gasteiger partial charge in [0.15, 0.2) is 11.6 Å². The number of methoxy groups -OCH3 is 1. The Morgan fingerprint density at radius 3 is 2.74 bits per heavy atom. The zero-order chi connectivity index (χ0) is 13.2. The third kappa shape index (κ3) is 3.81. The molecule has 0 spiro atoms. The molecule has 1 fully saturated rings. The maximum Gasteiger partial charge on any atom is 0.165 e. The topological polar surface area (TPSA) is 38.5 Å². The van der Waals surface area contributed by atoms with Crippen molar-refractivity contribution in [1.29, 1.82) is 0 Å². The van der Waals surface area contributed by atoms with E-state index in [0.717, 1.165) is 31.6 Å². The van der Waals surface area contributed by atoms with Crippen molar-refractivity contribution in [3.8, 4) is 5.75 Å². The molecule has 108 valence electrons. The van der Waals surface area contributed by atoms with E-state index in [0.29, 0.717) is 12.3 Å². The predicted molar refractivity (Wildman–Crippen MR) is 77.3 cm³/mol. The van der Waals surface area contributed by atoms with Crippen LogP contribution in [0, 0.1) is 11.2 Å². The number of nitrogens with two attached hydrogens (primary N) is 1. The minimum Gasteiger partial charge on any atom is -0.494 e. The summed E-state index contributed by atoms with van der Waals surface area (Å²) in [5.74, 6) is 0.00255. The zero-order valence-electron chi connectivity index (χ0n) is 11.5. The minimum atomic E-state index is -0.296. The molecule has 0 aromatic heterocycles. The number of likely N-dealkylation sites (tertiary alicyclic amines) is 1. The van der Waals surface area contributed by atoms with Gasteiger partial charge in [-0.15, -0.1) is 12.4 Å². The maximum absolute atomic E-state index is 13.6. The van der Waals surface area contributed by atoms with Crippen molar-refractivity contribution in [2.75, 3.05) is 26.7 Å². The average Bonchev–Trinajstić information content (AvgIpc) is 2.72. The van der Waals surface area contributed by atoms with Gasteiger partial charge in [-0.25, -0.2) is 4.39 Å². The lowest BCUT2D eigenvalue weighted by atomic mass is 9.90. The predicted octanol–water partition coefficient (Wildman–Crippen LogP) is 2.43. The minimum absolute atomic E-state index is 0. The van der Waals surface area contributed by atoms with Crippen LogP contribution in [0.4, 0.5) is 4.39 Å². The van der Waals surface area contributed by atoms with Gasteiger partial charge >= 0.3 is 0 Å². The first-order valence-electron chi connectivity index (χ1n) is 6.31. The summed E-state index contributed by atoms with van der Waals surface area (Å²) in [5, 5.41) is 0. The summed E-state index contributed by atoms with van der Waals surface area (Å²) in [5.41, 5.74) is 6.98. The molecular formula is C14H22ClFN2O. The highest BCUT2D eigenvalue weighted by atomic mass is 35.5. The van der Waals surface area contributed by atoms with Gasteiger partial charge in [-0.1, -0.05) is 13.0 Å². The summed E-state index contributed by atoms with van der Waals surface area (Å²) in [6, 6.07) is 5.15. The Morgan fingerprint density at radius 2 is 2.21 bits per heavy atom. The molecule has 1 saturated heterocycles. The largest absolute Gasteiger partial charge is 0.494 e. The van der Waals surface area contributed by atoms with E-state index in [-0.39, 0.29) is 23.6 Å². The van der Waals surface area contributed by atoms with Crippen LogP contribution in [0.1, 0.15) is 18.9 Å². The van der Waals surface area contributed by atoms with Gasteiger partial charge in [0.2, 0.25) is 0 Å². The smallest absolute Gasteiger partial charge is 0.165 e. The Kier molecular flexibility index (Phi) is 5.59.